The summed E-state index contributed by atoms with van der Waals surface area (Å²) in [5.41, 5.74) is 6.25. The Morgan fingerprint density at radius 3 is 2.45 bits per heavy atom. The van der Waals surface area contributed by atoms with Gasteiger partial charge in [0.25, 0.3) is 0 Å². The van der Waals surface area contributed by atoms with Crippen LogP contribution in [0.5, 0.6) is 0 Å². The third-order valence-electron chi connectivity index (χ3n) is 8.01. The molecule has 9 nitrogen and oxygen atoms in total. The molecule has 1 saturated carbocycles. The van der Waals surface area contributed by atoms with E-state index in [1.54, 1.807) is 6.92 Å². The van der Waals surface area contributed by atoms with E-state index < -0.39 is 30.7 Å². The van der Waals surface area contributed by atoms with Crippen LogP contribution in [0, 0.1) is 11.8 Å². The van der Waals surface area contributed by atoms with Crippen LogP contribution in [0.1, 0.15) is 72.3 Å². The summed E-state index contributed by atoms with van der Waals surface area (Å²) in [5.74, 6) is -0.560. The number of hydrogen-bond donors (Lipinski definition) is 4. The predicted molar refractivity (Wildman–Crippen MR) is 148 cm³/mol. The fraction of sp³-hybridized carbons (Fsp3) is 0.679. The van der Waals surface area contributed by atoms with Gasteiger partial charge in [-0.1, -0.05) is 50.6 Å². The van der Waals surface area contributed by atoms with E-state index in [1.807, 2.05) is 30.3 Å². The standard InChI is InChI=1S/C28H45BN4O5/c1-18-15-19(2)28(5)24(16-18)37-29(38-28)25(13-9-10-14-30)33-27(36)23(17-22-11-7-6-8-12-22)32-26(35)20(3)31-21(4)34/h6-8,11-12,18-20,23-25H,9-10,13-17,30H2,1-5H3,(H,31,34)(H,32,35)(H,33,36)/t18-,19+,20-,23-,24?,25-,28-/m0/s1. The first kappa shape index (κ1) is 30.1. The SMILES string of the molecule is CC(=O)N[C@@H](C)C(=O)N[C@@H](Cc1ccccc1)C(=O)N[C@@H](CCCCN)B1OC2C[C@@H](C)C[C@@H](C)[C@]2(C)O1. The van der Waals surface area contributed by atoms with Crippen LogP contribution < -0.4 is 21.7 Å². The Balaban J connectivity index is 1.78. The molecule has 3 rings (SSSR count). The minimum Gasteiger partial charge on any atom is -0.404 e. The van der Waals surface area contributed by atoms with Crippen LogP contribution in [-0.2, 0) is 30.1 Å². The second-order valence-corrected chi connectivity index (χ2v) is 11.3. The Hall–Kier alpha value is -2.43. The molecule has 1 aliphatic heterocycles. The minimum atomic E-state index is -0.837. The molecule has 210 valence electrons. The summed E-state index contributed by atoms with van der Waals surface area (Å²) in [6.45, 7) is 10.1. The van der Waals surface area contributed by atoms with E-state index in [0.29, 0.717) is 31.2 Å². The summed E-state index contributed by atoms with van der Waals surface area (Å²) in [6.07, 6.45) is 4.56. The first-order chi connectivity index (χ1) is 18.0. The van der Waals surface area contributed by atoms with Crippen molar-refractivity contribution in [3.05, 3.63) is 35.9 Å². The molecule has 1 aliphatic carbocycles. The van der Waals surface area contributed by atoms with Crippen LogP contribution in [0.2, 0.25) is 0 Å². The van der Waals surface area contributed by atoms with E-state index >= 15 is 0 Å². The average Bonchev–Trinajstić information content (AvgIpc) is 3.20. The van der Waals surface area contributed by atoms with Gasteiger partial charge in [-0.25, -0.2) is 0 Å². The van der Waals surface area contributed by atoms with Crippen molar-refractivity contribution in [2.75, 3.05) is 6.54 Å². The van der Waals surface area contributed by atoms with Gasteiger partial charge in [-0.3, -0.25) is 14.4 Å². The second kappa shape index (κ2) is 13.6. The van der Waals surface area contributed by atoms with Crippen molar-refractivity contribution in [2.24, 2.45) is 17.6 Å². The number of rotatable bonds is 12. The Morgan fingerprint density at radius 1 is 1.08 bits per heavy atom. The Morgan fingerprint density at radius 2 is 1.79 bits per heavy atom. The number of nitrogens with one attached hydrogen (secondary N) is 3. The normalized spacial score (nSPS) is 27.1. The highest BCUT2D eigenvalue weighted by molar-refractivity contribution is 6.47. The van der Waals surface area contributed by atoms with Gasteiger partial charge in [-0.2, -0.15) is 0 Å². The zero-order valence-corrected chi connectivity index (χ0v) is 23.5. The minimum absolute atomic E-state index is 0.0292. The highest BCUT2D eigenvalue weighted by atomic mass is 16.7. The van der Waals surface area contributed by atoms with E-state index in [4.69, 9.17) is 15.0 Å². The van der Waals surface area contributed by atoms with Gasteiger partial charge in [0.15, 0.2) is 0 Å². The molecule has 38 heavy (non-hydrogen) atoms. The molecule has 0 aromatic heterocycles. The van der Waals surface area contributed by atoms with E-state index in [-0.39, 0.29) is 23.9 Å². The van der Waals surface area contributed by atoms with Gasteiger partial charge in [-0.15, -0.1) is 0 Å². The lowest BCUT2D eigenvalue weighted by atomic mass is 9.71. The van der Waals surface area contributed by atoms with Crippen molar-refractivity contribution < 1.29 is 23.7 Å². The summed E-state index contributed by atoms with van der Waals surface area (Å²) in [6, 6.07) is 7.92. The van der Waals surface area contributed by atoms with Crippen molar-refractivity contribution >= 4 is 24.8 Å². The molecule has 1 unspecified atom stereocenters. The number of carbonyl (C=O) groups excluding carboxylic acids is 3. The van der Waals surface area contributed by atoms with E-state index in [2.05, 4.69) is 36.7 Å². The average molecular weight is 529 g/mol. The van der Waals surface area contributed by atoms with Crippen molar-refractivity contribution in [1.82, 2.24) is 16.0 Å². The molecule has 5 N–H and O–H groups in total. The molecule has 1 saturated heterocycles. The van der Waals surface area contributed by atoms with Gasteiger partial charge in [0, 0.05) is 13.3 Å². The largest absolute Gasteiger partial charge is 0.481 e. The molecule has 2 fully saturated rings. The van der Waals surface area contributed by atoms with Crippen molar-refractivity contribution in [1.29, 1.82) is 0 Å². The van der Waals surface area contributed by atoms with Gasteiger partial charge < -0.3 is 31.0 Å². The van der Waals surface area contributed by atoms with E-state index in [1.165, 1.54) is 6.92 Å². The molecule has 3 amide bonds. The number of amides is 3. The van der Waals surface area contributed by atoms with Crippen LogP contribution in [-0.4, -0.2) is 61.1 Å². The fourth-order valence-corrected chi connectivity index (χ4v) is 5.64. The zero-order valence-electron chi connectivity index (χ0n) is 23.5. The first-order valence-electron chi connectivity index (χ1n) is 14.0. The third kappa shape index (κ3) is 7.80. The Bertz CT molecular complexity index is 950. The topological polar surface area (TPSA) is 132 Å². The van der Waals surface area contributed by atoms with Crippen LogP contribution in [0.3, 0.4) is 0 Å². The van der Waals surface area contributed by atoms with Gasteiger partial charge in [0.05, 0.1) is 17.6 Å². The lowest BCUT2D eigenvalue weighted by molar-refractivity contribution is -0.131. The van der Waals surface area contributed by atoms with Crippen molar-refractivity contribution in [2.45, 2.75) is 103 Å². The quantitative estimate of drug-likeness (QED) is 0.243. The molecule has 1 aromatic rings. The summed E-state index contributed by atoms with van der Waals surface area (Å²) in [5, 5.41) is 8.56. The maximum Gasteiger partial charge on any atom is 0.481 e. The second-order valence-electron chi connectivity index (χ2n) is 11.3. The Labute approximate surface area is 227 Å². The number of benzene rings is 1. The summed E-state index contributed by atoms with van der Waals surface area (Å²) in [7, 11) is -0.578. The molecular formula is C28H45BN4O5. The van der Waals surface area contributed by atoms with E-state index in [0.717, 1.165) is 31.2 Å². The number of nitrogens with two attached hydrogens (primary N) is 1. The summed E-state index contributed by atoms with van der Waals surface area (Å²) in [4.78, 5) is 38.0. The maximum atomic E-state index is 13.7. The van der Waals surface area contributed by atoms with Crippen molar-refractivity contribution in [3.63, 3.8) is 0 Å². The van der Waals surface area contributed by atoms with Crippen LogP contribution in [0.4, 0.5) is 0 Å². The molecule has 1 heterocycles. The lowest BCUT2D eigenvalue weighted by Crippen LogP contribution is -2.57. The fourth-order valence-electron chi connectivity index (χ4n) is 5.64. The van der Waals surface area contributed by atoms with Crippen molar-refractivity contribution in [3.8, 4) is 0 Å². The zero-order chi connectivity index (χ0) is 27.9. The van der Waals surface area contributed by atoms with Gasteiger partial charge in [0.1, 0.15) is 12.1 Å². The molecule has 0 spiro atoms. The monoisotopic (exact) mass is 528 g/mol. The van der Waals surface area contributed by atoms with Gasteiger partial charge >= 0.3 is 7.12 Å². The molecule has 1 aromatic carbocycles. The number of fused-ring (bicyclic) bond motifs is 1. The third-order valence-corrected chi connectivity index (χ3v) is 8.01. The van der Waals surface area contributed by atoms with E-state index in [9.17, 15) is 14.4 Å². The molecule has 7 atom stereocenters. The number of hydrogen-bond acceptors (Lipinski definition) is 6. The van der Waals surface area contributed by atoms with Crippen LogP contribution in [0.25, 0.3) is 0 Å². The highest BCUT2D eigenvalue weighted by Gasteiger charge is 2.56. The molecule has 10 heteroatoms. The molecular weight excluding hydrogens is 483 g/mol. The molecule has 2 aliphatic rings. The van der Waals surface area contributed by atoms with Crippen LogP contribution >= 0.6 is 0 Å². The molecule has 0 bridgehead atoms. The number of unbranched alkanes of at least 4 members (excludes halogenated alkanes) is 1. The molecule has 0 radical (unpaired) electrons. The maximum absolute atomic E-state index is 13.7. The Kier molecular flexibility index (Phi) is 10.8. The number of carbonyl (C=O) groups is 3. The van der Waals surface area contributed by atoms with Crippen LogP contribution in [0.15, 0.2) is 30.3 Å². The summed E-state index contributed by atoms with van der Waals surface area (Å²) >= 11 is 0. The highest BCUT2D eigenvalue weighted by Crippen LogP contribution is 2.45. The first-order valence-corrected chi connectivity index (χ1v) is 14.0. The summed E-state index contributed by atoms with van der Waals surface area (Å²) < 4.78 is 13.0. The van der Waals surface area contributed by atoms with Gasteiger partial charge in [-0.05, 0) is 63.5 Å². The smallest absolute Gasteiger partial charge is 0.404 e. The predicted octanol–water partition coefficient (Wildman–Crippen LogP) is 2.12. The van der Waals surface area contributed by atoms with Gasteiger partial charge in [0.2, 0.25) is 17.7 Å². The lowest BCUT2D eigenvalue weighted by Gasteiger charge is -2.42.